The van der Waals surface area contributed by atoms with Crippen molar-refractivity contribution in [3.8, 4) is 0 Å². The van der Waals surface area contributed by atoms with Crippen molar-refractivity contribution < 1.29 is 22.6 Å². The van der Waals surface area contributed by atoms with E-state index in [1.165, 1.54) is 12.3 Å². The summed E-state index contributed by atoms with van der Waals surface area (Å²) in [6.45, 7) is 1.61. The molecular formula is C19H16N4O6S. The van der Waals surface area contributed by atoms with Crippen molar-refractivity contribution in [1.82, 2.24) is 4.83 Å². The first-order valence-electron chi connectivity index (χ1n) is 8.52. The lowest BCUT2D eigenvalue weighted by molar-refractivity contribution is -0.384. The number of nitro groups is 1. The van der Waals surface area contributed by atoms with E-state index < -0.39 is 20.9 Å². The lowest BCUT2D eigenvalue weighted by Crippen LogP contribution is -2.20. The fourth-order valence-electron chi connectivity index (χ4n) is 2.39. The number of nitrogens with zero attached hydrogens (tertiary/aromatic N) is 2. The van der Waals surface area contributed by atoms with E-state index in [9.17, 15) is 23.3 Å². The fourth-order valence-corrected chi connectivity index (χ4v) is 3.24. The zero-order chi connectivity index (χ0) is 21.7. The molecule has 0 radical (unpaired) electrons. The average Bonchev–Trinajstić information content (AvgIpc) is 3.28. The molecule has 154 valence electrons. The molecule has 0 fully saturated rings. The Balaban J connectivity index is 1.67. The van der Waals surface area contributed by atoms with Crippen molar-refractivity contribution in [2.75, 3.05) is 5.32 Å². The number of sulfonamides is 1. The van der Waals surface area contributed by atoms with Gasteiger partial charge in [-0.25, -0.2) is 0 Å². The number of rotatable bonds is 7. The normalized spacial score (nSPS) is 11.7. The zero-order valence-corrected chi connectivity index (χ0v) is 16.4. The Labute approximate surface area is 171 Å². The molecule has 1 amide bonds. The third-order valence-electron chi connectivity index (χ3n) is 4.00. The number of hydrogen-bond donors (Lipinski definition) is 2. The molecule has 2 N–H and O–H groups in total. The third-order valence-corrected chi connectivity index (χ3v) is 5.22. The number of nitro benzene ring substituents is 1. The SMILES string of the molecule is C/C(=N\NS(=O)(=O)c1ccc([N+](=O)[O-])cc1)c1ccc(NC(=O)c2ccco2)cc1. The van der Waals surface area contributed by atoms with E-state index in [-0.39, 0.29) is 16.3 Å². The number of carbonyl (C=O) groups excluding carboxylic acids is 1. The maximum atomic E-state index is 12.3. The van der Waals surface area contributed by atoms with Crippen LogP contribution in [-0.2, 0) is 10.0 Å². The van der Waals surface area contributed by atoms with E-state index in [4.69, 9.17) is 4.42 Å². The van der Waals surface area contributed by atoms with E-state index in [2.05, 4.69) is 15.2 Å². The highest BCUT2D eigenvalue weighted by molar-refractivity contribution is 7.89. The number of hydrazone groups is 1. The summed E-state index contributed by atoms with van der Waals surface area (Å²) in [6, 6.07) is 14.2. The molecule has 0 unspecified atom stereocenters. The molecule has 30 heavy (non-hydrogen) atoms. The van der Waals surface area contributed by atoms with Crippen LogP contribution in [0.25, 0.3) is 0 Å². The van der Waals surface area contributed by atoms with Gasteiger partial charge in [0.1, 0.15) is 0 Å². The Kier molecular flexibility index (Phi) is 5.93. The number of carbonyl (C=O) groups is 1. The highest BCUT2D eigenvalue weighted by Crippen LogP contribution is 2.16. The lowest BCUT2D eigenvalue weighted by atomic mass is 10.1. The van der Waals surface area contributed by atoms with E-state index in [1.807, 2.05) is 0 Å². The van der Waals surface area contributed by atoms with Crippen molar-refractivity contribution in [3.63, 3.8) is 0 Å². The minimum atomic E-state index is -3.98. The smallest absolute Gasteiger partial charge is 0.291 e. The molecule has 0 saturated carbocycles. The van der Waals surface area contributed by atoms with Crippen molar-refractivity contribution in [2.45, 2.75) is 11.8 Å². The van der Waals surface area contributed by atoms with Crippen molar-refractivity contribution in [3.05, 3.63) is 88.4 Å². The second kappa shape index (κ2) is 8.57. The molecule has 2 aromatic carbocycles. The summed E-state index contributed by atoms with van der Waals surface area (Å²) >= 11 is 0. The molecule has 0 atom stereocenters. The van der Waals surface area contributed by atoms with Crippen LogP contribution in [0.2, 0.25) is 0 Å². The standard InChI is InChI=1S/C19H16N4O6S/c1-13(21-22-30(27,28)17-10-8-16(9-11-17)23(25)26)14-4-6-15(7-5-14)20-19(24)18-3-2-12-29-18/h2-12,22H,1H3,(H,20,24)/b21-13+. The molecular weight excluding hydrogens is 412 g/mol. The lowest BCUT2D eigenvalue weighted by Gasteiger charge is -2.07. The van der Waals surface area contributed by atoms with Gasteiger partial charge >= 0.3 is 0 Å². The molecule has 3 rings (SSSR count). The first-order valence-corrected chi connectivity index (χ1v) is 10.0. The summed E-state index contributed by atoms with van der Waals surface area (Å²) in [4.78, 5) is 24.0. The topological polar surface area (TPSA) is 144 Å². The van der Waals surface area contributed by atoms with Gasteiger partial charge in [0.25, 0.3) is 21.6 Å². The molecule has 0 aliphatic rings. The Morgan fingerprint density at radius 1 is 1.07 bits per heavy atom. The van der Waals surface area contributed by atoms with Gasteiger partial charge in [-0.15, -0.1) is 0 Å². The molecule has 0 aliphatic carbocycles. The van der Waals surface area contributed by atoms with Crippen LogP contribution in [-0.4, -0.2) is 25.0 Å². The van der Waals surface area contributed by atoms with Gasteiger partial charge in [-0.2, -0.15) is 18.4 Å². The summed E-state index contributed by atoms with van der Waals surface area (Å²) in [5, 5.41) is 17.2. The van der Waals surface area contributed by atoms with Crippen molar-refractivity contribution in [1.29, 1.82) is 0 Å². The summed E-state index contributed by atoms with van der Waals surface area (Å²) in [6.07, 6.45) is 1.40. The molecule has 1 aromatic heterocycles. The number of amides is 1. The highest BCUT2D eigenvalue weighted by Gasteiger charge is 2.15. The molecule has 10 nitrogen and oxygen atoms in total. The summed E-state index contributed by atoms with van der Waals surface area (Å²) in [5.41, 5.74) is 1.31. The number of nitrogens with one attached hydrogen (secondary N) is 2. The van der Waals surface area contributed by atoms with E-state index >= 15 is 0 Å². The van der Waals surface area contributed by atoms with Crippen LogP contribution < -0.4 is 10.1 Å². The van der Waals surface area contributed by atoms with Gasteiger partial charge < -0.3 is 9.73 Å². The Hall–Kier alpha value is -3.99. The van der Waals surface area contributed by atoms with Crippen LogP contribution >= 0.6 is 0 Å². The average molecular weight is 428 g/mol. The number of furan rings is 1. The number of hydrogen-bond acceptors (Lipinski definition) is 7. The van der Waals surface area contributed by atoms with Gasteiger partial charge in [0.2, 0.25) is 0 Å². The Morgan fingerprint density at radius 2 is 1.73 bits per heavy atom. The molecule has 0 bridgehead atoms. The quantitative estimate of drug-likeness (QED) is 0.336. The van der Waals surface area contributed by atoms with E-state index in [0.717, 1.165) is 24.3 Å². The fraction of sp³-hybridized carbons (Fsp3) is 0.0526. The molecule has 1 heterocycles. The molecule has 0 saturated heterocycles. The summed E-state index contributed by atoms with van der Waals surface area (Å²) in [5.74, 6) is -0.216. The molecule has 11 heteroatoms. The van der Waals surface area contributed by atoms with E-state index in [0.29, 0.717) is 17.0 Å². The Morgan fingerprint density at radius 3 is 2.30 bits per heavy atom. The Bertz CT molecular complexity index is 1180. The van der Waals surface area contributed by atoms with Crippen LogP contribution in [0.5, 0.6) is 0 Å². The number of anilines is 1. The van der Waals surface area contributed by atoms with Crippen LogP contribution in [0.4, 0.5) is 11.4 Å². The van der Waals surface area contributed by atoms with Gasteiger partial charge in [-0.05, 0) is 48.9 Å². The zero-order valence-electron chi connectivity index (χ0n) is 15.6. The predicted octanol–water partition coefficient (Wildman–Crippen LogP) is 3.14. The van der Waals surface area contributed by atoms with Gasteiger partial charge in [0.05, 0.1) is 21.8 Å². The van der Waals surface area contributed by atoms with Crippen LogP contribution in [0.15, 0.2) is 81.3 Å². The first kappa shape index (κ1) is 20.7. The molecule has 0 aliphatic heterocycles. The van der Waals surface area contributed by atoms with Crippen molar-refractivity contribution >= 4 is 33.0 Å². The van der Waals surface area contributed by atoms with Gasteiger partial charge in [-0.3, -0.25) is 14.9 Å². The highest BCUT2D eigenvalue weighted by atomic mass is 32.2. The minimum absolute atomic E-state index is 0.152. The minimum Gasteiger partial charge on any atom is -0.459 e. The molecule has 3 aromatic rings. The van der Waals surface area contributed by atoms with Gasteiger partial charge in [-0.1, -0.05) is 12.1 Å². The van der Waals surface area contributed by atoms with Gasteiger partial charge in [0, 0.05) is 17.8 Å². The van der Waals surface area contributed by atoms with Gasteiger partial charge in [0.15, 0.2) is 5.76 Å². The largest absolute Gasteiger partial charge is 0.459 e. The number of benzene rings is 2. The monoisotopic (exact) mass is 428 g/mol. The maximum absolute atomic E-state index is 12.3. The van der Waals surface area contributed by atoms with Crippen LogP contribution in [0.3, 0.4) is 0 Å². The van der Waals surface area contributed by atoms with Crippen LogP contribution in [0, 0.1) is 10.1 Å². The first-order chi connectivity index (χ1) is 14.3. The second-order valence-electron chi connectivity index (χ2n) is 6.05. The maximum Gasteiger partial charge on any atom is 0.291 e. The van der Waals surface area contributed by atoms with Crippen molar-refractivity contribution in [2.24, 2.45) is 5.10 Å². The third kappa shape index (κ3) is 4.89. The molecule has 0 spiro atoms. The second-order valence-corrected chi connectivity index (χ2v) is 7.71. The van der Waals surface area contributed by atoms with E-state index in [1.54, 1.807) is 37.3 Å². The van der Waals surface area contributed by atoms with Crippen LogP contribution in [0.1, 0.15) is 23.0 Å². The predicted molar refractivity (Wildman–Crippen MR) is 109 cm³/mol. The number of non-ortho nitro benzene ring substituents is 1. The summed E-state index contributed by atoms with van der Waals surface area (Å²) in [7, 11) is -3.98. The summed E-state index contributed by atoms with van der Waals surface area (Å²) < 4.78 is 29.6.